The average Bonchev–Trinajstić information content (AvgIpc) is 3.19. The van der Waals surface area contributed by atoms with Crippen LogP contribution in [0.3, 0.4) is 0 Å². The van der Waals surface area contributed by atoms with Crippen molar-refractivity contribution in [2.45, 2.75) is 11.1 Å². The predicted octanol–water partition coefficient (Wildman–Crippen LogP) is 5.86. The van der Waals surface area contributed by atoms with E-state index in [4.69, 9.17) is 16.7 Å². The van der Waals surface area contributed by atoms with Crippen molar-refractivity contribution in [1.29, 1.82) is 0 Å². The lowest BCUT2D eigenvalue weighted by Crippen LogP contribution is -2.13. The Labute approximate surface area is 190 Å². The van der Waals surface area contributed by atoms with E-state index in [1.54, 1.807) is 42.5 Å². The number of nitrogens with zero attached hydrogens (tertiary/aromatic N) is 2. The molecule has 0 spiro atoms. The number of alkyl halides is 3. The molecule has 0 unspecified atom stereocenters. The maximum Gasteiger partial charge on any atom is 0.433 e. The molecule has 0 saturated carbocycles. The van der Waals surface area contributed by atoms with Crippen LogP contribution in [0.2, 0.25) is 4.34 Å². The molecule has 0 aliphatic heterocycles. The fourth-order valence-corrected chi connectivity index (χ4v) is 4.84. The third kappa shape index (κ3) is 4.68. The van der Waals surface area contributed by atoms with Gasteiger partial charge in [0.25, 0.3) is 0 Å². The maximum atomic E-state index is 13.5. The SMILES string of the molecule is NS(=O)(=O)c1ccccc1-c1cccc(-c2nc(-c3ccc(Cl)s3)cc(C(F)(F)F)n2)c1. The smallest absolute Gasteiger partial charge is 0.227 e. The van der Waals surface area contributed by atoms with Crippen molar-refractivity contribution >= 4 is 33.0 Å². The lowest BCUT2D eigenvalue weighted by atomic mass is 10.0. The number of sulfonamides is 1. The van der Waals surface area contributed by atoms with Gasteiger partial charge >= 0.3 is 6.18 Å². The Kier molecular flexibility index (Phi) is 5.80. The summed E-state index contributed by atoms with van der Waals surface area (Å²) < 4.78 is 64.9. The van der Waals surface area contributed by atoms with Gasteiger partial charge in [-0.05, 0) is 35.9 Å². The third-order valence-corrected chi connectivity index (χ3v) is 6.69. The van der Waals surface area contributed by atoms with Gasteiger partial charge in [0.05, 0.1) is 19.8 Å². The highest BCUT2D eigenvalue weighted by atomic mass is 35.5. The molecule has 2 aromatic carbocycles. The molecule has 2 heterocycles. The summed E-state index contributed by atoms with van der Waals surface area (Å²) in [7, 11) is -4.02. The summed E-state index contributed by atoms with van der Waals surface area (Å²) >= 11 is 7.03. The van der Waals surface area contributed by atoms with E-state index in [9.17, 15) is 21.6 Å². The van der Waals surface area contributed by atoms with Crippen LogP contribution in [0.25, 0.3) is 33.1 Å². The number of nitrogens with two attached hydrogens (primary N) is 1. The first-order valence-corrected chi connectivity index (χ1v) is 11.7. The molecule has 0 aliphatic rings. The first-order valence-electron chi connectivity index (χ1n) is 8.97. The van der Waals surface area contributed by atoms with Crippen molar-refractivity contribution < 1.29 is 21.6 Å². The van der Waals surface area contributed by atoms with Crippen molar-refractivity contribution in [2.75, 3.05) is 0 Å². The Morgan fingerprint density at radius 2 is 1.62 bits per heavy atom. The number of hydrogen-bond acceptors (Lipinski definition) is 5. The van der Waals surface area contributed by atoms with Gasteiger partial charge in [0, 0.05) is 11.1 Å². The van der Waals surface area contributed by atoms with Crippen molar-refractivity contribution in [1.82, 2.24) is 9.97 Å². The highest BCUT2D eigenvalue weighted by Crippen LogP contribution is 2.36. The average molecular weight is 496 g/mol. The van der Waals surface area contributed by atoms with Crippen molar-refractivity contribution in [3.05, 3.63) is 76.8 Å². The molecule has 32 heavy (non-hydrogen) atoms. The molecule has 0 radical (unpaired) electrons. The number of hydrogen-bond donors (Lipinski definition) is 1. The van der Waals surface area contributed by atoms with Crippen molar-refractivity contribution in [3.8, 4) is 33.1 Å². The highest BCUT2D eigenvalue weighted by Gasteiger charge is 2.34. The Morgan fingerprint density at radius 1 is 0.906 bits per heavy atom. The first-order chi connectivity index (χ1) is 15.0. The fourth-order valence-electron chi connectivity index (χ4n) is 3.08. The quantitative estimate of drug-likeness (QED) is 0.384. The van der Waals surface area contributed by atoms with E-state index in [2.05, 4.69) is 9.97 Å². The maximum absolute atomic E-state index is 13.5. The number of primary sulfonamides is 1. The summed E-state index contributed by atoms with van der Waals surface area (Å²) in [5, 5.41) is 5.31. The first kappa shape index (κ1) is 22.4. The zero-order chi connectivity index (χ0) is 23.1. The van der Waals surface area contributed by atoms with Crippen LogP contribution in [0, 0.1) is 0 Å². The normalized spacial score (nSPS) is 12.2. The minimum absolute atomic E-state index is 0.0783. The van der Waals surface area contributed by atoms with Gasteiger partial charge in [0.1, 0.15) is 5.69 Å². The molecule has 4 aromatic rings. The number of halogens is 4. The lowest BCUT2D eigenvalue weighted by molar-refractivity contribution is -0.141. The molecule has 2 aromatic heterocycles. The van der Waals surface area contributed by atoms with E-state index in [1.165, 1.54) is 18.2 Å². The second kappa shape index (κ2) is 8.28. The van der Waals surface area contributed by atoms with E-state index in [0.717, 1.165) is 17.4 Å². The van der Waals surface area contributed by atoms with E-state index in [-0.39, 0.29) is 22.0 Å². The number of aromatic nitrogens is 2. The summed E-state index contributed by atoms with van der Waals surface area (Å²) in [6, 6.07) is 16.4. The lowest BCUT2D eigenvalue weighted by Gasteiger charge is -2.12. The Hall–Kier alpha value is -2.79. The highest BCUT2D eigenvalue weighted by molar-refractivity contribution is 7.89. The van der Waals surface area contributed by atoms with Gasteiger partial charge in [0.15, 0.2) is 5.82 Å². The van der Waals surface area contributed by atoms with Crippen LogP contribution in [0.1, 0.15) is 5.69 Å². The molecule has 0 saturated heterocycles. The van der Waals surface area contributed by atoms with E-state index >= 15 is 0 Å². The predicted molar refractivity (Wildman–Crippen MR) is 118 cm³/mol. The molecule has 4 rings (SSSR count). The molecule has 0 atom stereocenters. The Bertz CT molecular complexity index is 1420. The second-order valence-electron chi connectivity index (χ2n) is 6.69. The van der Waals surface area contributed by atoms with Crippen LogP contribution in [-0.4, -0.2) is 18.4 Å². The van der Waals surface area contributed by atoms with Gasteiger partial charge in [-0.2, -0.15) is 13.2 Å². The van der Waals surface area contributed by atoms with Crippen LogP contribution in [0.4, 0.5) is 13.2 Å². The van der Waals surface area contributed by atoms with Gasteiger partial charge in [-0.15, -0.1) is 11.3 Å². The summed E-state index contributed by atoms with van der Waals surface area (Å²) in [6.45, 7) is 0. The van der Waals surface area contributed by atoms with Crippen molar-refractivity contribution in [2.24, 2.45) is 5.14 Å². The summed E-state index contributed by atoms with van der Waals surface area (Å²) in [5.41, 5.74) is 0.0107. The van der Waals surface area contributed by atoms with E-state index in [1.807, 2.05) is 0 Å². The van der Waals surface area contributed by atoms with Gasteiger partial charge in [-0.3, -0.25) is 0 Å². The van der Waals surface area contributed by atoms with Crippen molar-refractivity contribution in [3.63, 3.8) is 0 Å². The molecular weight excluding hydrogens is 483 g/mol. The number of thiophene rings is 1. The minimum Gasteiger partial charge on any atom is -0.227 e. The standard InChI is InChI=1S/C21H13ClF3N3O2S2/c22-19-9-8-16(31-19)15-11-18(21(23,24)25)28-20(27-15)13-5-3-4-12(10-13)14-6-1-2-7-17(14)32(26,29)30/h1-11H,(H2,26,29,30). The van der Waals surface area contributed by atoms with Gasteiger partial charge in [0.2, 0.25) is 10.0 Å². The fraction of sp³-hybridized carbons (Fsp3) is 0.0476. The summed E-state index contributed by atoms with van der Waals surface area (Å²) in [5.74, 6) is -0.158. The van der Waals surface area contributed by atoms with Crippen LogP contribution in [0.15, 0.2) is 71.6 Å². The number of benzene rings is 2. The van der Waals surface area contributed by atoms with E-state index < -0.39 is 21.9 Å². The summed E-state index contributed by atoms with van der Waals surface area (Å²) in [4.78, 5) is 8.37. The molecule has 0 fully saturated rings. The van der Waals surface area contributed by atoms with Gasteiger partial charge in [-0.25, -0.2) is 23.5 Å². The zero-order valence-corrected chi connectivity index (χ0v) is 18.4. The third-order valence-electron chi connectivity index (χ3n) is 4.47. The van der Waals surface area contributed by atoms with Crippen LogP contribution in [-0.2, 0) is 16.2 Å². The monoisotopic (exact) mass is 495 g/mol. The minimum atomic E-state index is -4.69. The molecule has 5 nitrogen and oxygen atoms in total. The molecular formula is C21H13ClF3N3O2S2. The number of rotatable bonds is 4. The molecule has 11 heteroatoms. The second-order valence-corrected chi connectivity index (χ2v) is 9.93. The molecule has 0 aliphatic carbocycles. The molecule has 0 amide bonds. The van der Waals surface area contributed by atoms with Gasteiger partial charge in [-0.1, -0.05) is 48.0 Å². The van der Waals surface area contributed by atoms with Crippen LogP contribution >= 0.6 is 22.9 Å². The summed E-state index contributed by atoms with van der Waals surface area (Å²) in [6.07, 6.45) is -4.69. The van der Waals surface area contributed by atoms with Crippen LogP contribution < -0.4 is 5.14 Å². The Balaban J connectivity index is 1.89. The zero-order valence-electron chi connectivity index (χ0n) is 16.0. The van der Waals surface area contributed by atoms with Crippen LogP contribution in [0.5, 0.6) is 0 Å². The molecule has 164 valence electrons. The topological polar surface area (TPSA) is 85.9 Å². The van der Waals surface area contributed by atoms with E-state index in [0.29, 0.717) is 20.3 Å². The largest absolute Gasteiger partial charge is 0.433 e. The van der Waals surface area contributed by atoms with Gasteiger partial charge < -0.3 is 0 Å². The molecule has 2 N–H and O–H groups in total. The molecule has 0 bridgehead atoms. The Morgan fingerprint density at radius 3 is 2.28 bits per heavy atom.